The maximum absolute atomic E-state index is 11.8. The Morgan fingerprint density at radius 1 is 1.29 bits per heavy atom. The van der Waals surface area contributed by atoms with E-state index in [1.54, 1.807) is 30.3 Å². The van der Waals surface area contributed by atoms with E-state index in [0.717, 1.165) is 15.6 Å². The zero-order valence-electron chi connectivity index (χ0n) is 8.15. The van der Waals surface area contributed by atoms with Gasteiger partial charge in [0, 0.05) is 29.6 Å². The largest absolute Gasteiger partial charge is 0.345 e. The normalized spacial score (nSPS) is 10.4. The Morgan fingerprint density at radius 2 is 2.00 bits per heavy atom. The molecule has 0 fully saturated rings. The molecule has 0 unspecified atom stereocenters. The topological polar surface area (TPSA) is 20.3 Å². The molecule has 0 aliphatic carbocycles. The number of carbonyl (C=O) groups is 1. The predicted octanol–water partition coefficient (Wildman–Crippen LogP) is 2.60. The zero-order chi connectivity index (χ0) is 10.1. The number of nitrogens with zero attached hydrogens (tertiary/aromatic N) is 1. The minimum absolute atomic E-state index is 0.0717. The number of thiophene rings is 1. The van der Waals surface area contributed by atoms with Crippen LogP contribution in [0.2, 0.25) is 0 Å². The summed E-state index contributed by atoms with van der Waals surface area (Å²) in [5.41, 5.74) is 0.801. The first kappa shape index (κ1) is 9.21. The third-order valence-corrected chi connectivity index (χ3v) is 3.08. The van der Waals surface area contributed by atoms with Gasteiger partial charge in [-0.15, -0.1) is 11.3 Å². The van der Waals surface area contributed by atoms with Crippen LogP contribution in [0.4, 0.5) is 0 Å². The standard InChI is InChI=1S/C11H11NOS/c1-12(2)11(13)9-7-14-10-6-4-3-5-8(9)10/h3-7H,1-2H3. The van der Waals surface area contributed by atoms with Crippen LogP contribution in [0, 0.1) is 0 Å². The second kappa shape index (κ2) is 3.42. The van der Waals surface area contributed by atoms with Gasteiger partial charge in [-0.1, -0.05) is 18.2 Å². The highest BCUT2D eigenvalue weighted by Crippen LogP contribution is 2.26. The molecule has 1 aromatic heterocycles. The summed E-state index contributed by atoms with van der Waals surface area (Å²) >= 11 is 1.61. The fourth-order valence-corrected chi connectivity index (χ4v) is 2.32. The lowest BCUT2D eigenvalue weighted by molar-refractivity contribution is 0.0830. The molecule has 0 aliphatic heterocycles. The number of hydrogen-bond donors (Lipinski definition) is 0. The SMILES string of the molecule is CN(C)C(=O)c1csc2ccccc12. The Hall–Kier alpha value is -1.35. The Balaban J connectivity index is 2.58. The molecule has 0 saturated carbocycles. The number of carbonyl (C=O) groups excluding carboxylic acids is 1. The summed E-state index contributed by atoms with van der Waals surface area (Å²) in [5, 5.41) is 2.98. The summed E-state index contributed by atoms with van der Waals surface area (Å²) in [6, 6.07) is 7.97. The fraction of sp³-hybridized carbons (Fsp3) is 0.182. The molecule has 0 bridgehead atoms. The van der Waals surface area contributed by atoms with Crippen LogP contribution in [0.1, 0.15) is 10.4 Å². The van der Waals surface area contributed by atoms with Crippen LogP contribution >= 0.6 is 11.3 Å². The van der Waals surface area contributed by atoms with Crippen molar-refractivity contribution in [3.05, 3.63) is 35.2 Å². The molecule has 0 radical (unpaired) electrons. The Kier molecular flexibility index (Phi) is 2.25. The van der Waals surface area contributed by atoms with Crippen molar-refractivity contribution >= 4 is 27.3 Å². The van der Waals surface area contributed by atoms with Gasteiger partial charge in [0.25, 0.3) is 5.91 Å². The van der Waals surface area contributed by atoms with Gasteiger partial charge in [-0.25, -0.2) is 0 Å². The van der Waals surface area contributed by atoms with E-state index in [1.807, 2.05) is 29.6 Å². The highest BCUT2D eigenvalue weighted by atomic mass is 32.1. The van der Waals surface area contributed by atoms with Crippen LogP contribution in [-0.2, 0) is 0 Å². The quantitative estimate of drug-likeness (QED) is 0.700. The maximum atomic E-state index is 11.8. The summed E-state index contributed by atoms with van der Waals surface area (Å²) in [5.74, 6) is 0.0717. The van der Waals surface area contributed by atoms with Gasteiger partial charge < -0.3 is 4.90 Å². The molecule has 3 heteroatoms. The van der Waals surface area contributed by atoms with Gasteiger partial charge in [-0.2, -0.15) is 0 Å². The highest BCUT2D eigenvalue weighted by molar-refractivity contribution is 7.17. The van der Waals surface area contributed by atoms with E-state index < -0.39 is 0 Å². The smallest absolute Gasteiger partial charge is 0.254 e. The first-order valence-corrected chi connectivity index (χ1v) is 5.26. The number of rotatable bonds is 1. The molecule has 72 valence electrons. The van der Waals surface area contributed by atoms with Gasteiger partial charge in [0.05, 0.1) is 5.56 Å². The van der Waals surface area contributed by atoms with Crippen molar-refractivity contribution in [3.63, 3.8) is 0 Å². The van der Waals surface area contributed by atoms with E-state index in [9.17, 15) is 4.79 Å². The fourth-order valence-electron chi connectivity index (χ4n) is 1.38. The van der Waals surface area contributed by atoms with E-state index in [2.05, 4.69) is 0 Å². The second-order valence-corrected chi connectivity index (χ2v) is 4.26. The minimum Gasteiger partial charge on any atom is -0.345 e. The maximum Gasteiger partial charge on any atom is 0.254 e. The summed E-state index contributed by atoms with van der Waals surface area (Å²) in [6.45, 7) is 0. The molecule has 14 heavy (non-hydrogen) atoms. The molecule has 1 amide bonds. The van der Waals surface area contributed by atoms with Crippen molar-refractivity contribution in [2.75, 3.05) is 14.1 Å². The lowest BCUT2D eigenvalue weighted by atomic mass is 10.1. The number of amides is 1. The Bertz CT molecular complexity index is 473. The van der Waals surface area contributed by atoms with Crippen LogP contribution in [-0.4, -0.2) is 24.9 Å². The molecule has 0 saturated heterocycles. The molecule has 2 rings (SSSR count). The van der Waals surface area contributed by atoms with Crippen molar-refractivity contribution in [1.82, 2.24) is 4.90 Å². The zero-order valence-corrected chi connectivity index (χ0v) is 8.97. The van der Waals surface area contributed by atoms with E-state index in [4.69, 9.17) is 0 Å². The van der Waals surface area contributed by atoms with Crippen LogP contribution in [0.3, 0.4) is 0 Å². The molecule has 1 heterocycles. The minimum atomic E-state index is 0.0717. The molecule has 0 N–H and O–H groups in total. The molecule has 0 aliphatic rings. The van der Waals surface area contributed by atoms with Crippen LogP contribution in [0.25, 0.3) is 10.1 Å². The van der Waals surface area contributed by atoms with Crippen molar-refractivity contribution in [2.24, 2.45) is 0 Å². The van der Waals surface area contributed by atoms with Gasteiger partial charge in [0.15, 0.2) is 0 Å². The lowest BCUT2D eigenvalue weighted by Crippen LogP contribution is -2.21. The number of fused-ring (bicyclic) bond motifs is 1. The van der Waals surface area contributed by atoms with Gasteiger partial charge >= 0.3 is 0 Å². The summed E-state index contributed by atoms with van der Waals surface area (Å²) in [4.78, 5) is 13.4. The van der Waals surface area contributed by atoms with E-state index in [-0.39, 0.29) is 5.91 Å². The molecule has 2 nitrogen and oxygen atoms in total. The second-order valence-electron chi connectivity index (χ2n) is 3.35. The number of benzene rings is 1. The molecule has 0 spiro atoms. The average Bonchev–Trinajstić information content (AvgIpc) is 2.60. The lowest BCUT2D eigenvalue weighted by Gasteiger charge is -2.08. The first-order chi connectivity index (χ1) is 6.70. The van der Waals surface area contributed by atoms with Crippen molar-refractivity contribution in [1.29, 1.82) is 0 Å². The Labute approximate surface area is 86.8 Å². The summed E-state index contributed by atoms with van der Waals surface area (Å²) < 4.78 is 1.16. The van der Waals surface area contributed by atoms with E-state index >= 15 is 0 Å². The monoisotopic (exact) mass is 205 g/mol. The third-order valence-electron chi connectivity index (χ3n) is 2.12. The van der Waals surface area contributed by atoms with E-state index in [0.29, 0.717) is 0 Å². The molecule has 0 atom stereocenters. The van der Waals surface area contributed by atoms with Crippen molar-refractivity contribution < 1.29 is 4.79 Å². The average molecular weight is 205 g/mol. The van der Waals surface area contributed by atoms with E-state index in [1.165, 1.54) is 0 Å². The molecular weight excluding hydrogens is 194 g/mol. The van der Waals surface area contributed by atoms with Gasteiger partial charge in [0.1, 0.15) is 0 Å². The van der Waals surface area contributed by atoms with Crippen molar-refractivity contribution in [2.45, 2.75) is 0 Å². The molecular formula is C11H11NOS. The van der Waals surface area contributed by atoms with Crippen LogP contribution in [0.15, 0.2) is 29.6 Å². The van der Waals surface area contributed by atoms with Crippen molar-refractivity contribution in [3.8, 4) is 0 Å². The number of hydrogen-bond acceptors (Lipinski definition) is 2. The van der Waals surface area contributed by atoms with Gasteiger partial charge in [-0.3, -0.25) is 4.79 Å². The predicted molar refractivity (Wildman–Crippen MR) is 59.8 cm³/mol. The van der Waals surface area contributed by atoms with Gasteiger partial charge in [0.2, 0.25) is 0 Å². The molecule has 2 aromatic rings. The summed E-state index contributed by atoms with van der Waals surface area (Å²) in [7, 11) is 3.55. The first-order valence-electron chi connectivity index (χ1n) is 4.38. The van der Waals surface area contributed by atoms with Gasteiger partial charge in [-0.05, 0) is 6.07 Å². The summed E-state index contributed by atoms with van der Waals surface area (Å²) in [6.07, 6.45) is 0. The molecule has 1 aromatic carbocycles. The van der Waals surface area contributed by atoms with Crippen LogP contribution in [0.5, 0.6) is 0 Å². The Morgan fingerprint density at radius 3 is 2.71 bits per heavy atom. The highest BCUT2D eigenvalue weighted by Gasteiger charge is 2.12. The third kappa shape index (κ3) is 1.40. The van der Waals surface area contributed by atoms with Crippen LogP contribution < -0.4 is 0 Å².